The average molecular weight is 313 g/mol. The minimum Gasteiger partial charge on any atom is -0.297 e. The van der Waals surface area contributed by atoms with Gasteiger partial charge in [0.05, 0.1) is 17.1 Å². The summed E-state index contributed by atoms with van der Waals surface area (Å²) in [7, 11) is 0. The Bertz CT molecular complexity index is 719. The van der Waals surface area contributed by atoms with Gasteiger partial charge in [-0.2, -0.15) is 5.10 Å². The van der Waals surface area contributed by atoms with Crippen LogP contribution in [0.15, 0.2) is 29.3 Å². The number of likely N-dealkylation sites (tertiary alicyclic amines) is 1. The fourth-order valence-electron chi connectivity index (χ4n) is 3.06. The molecule has 0 N–H and O–H groups in total. The molecule has 6 heteroatoms. The van der Waals surface area contributed by atoms with E-state index in [0.717, 1.165) is 56.1 Å². The lowest BCUT2D eigenvalue weighted by Gasteiger charge is -2.31. The molecule has 3 heterocycles. The first-order valence-electron chi connectivity index (χ1n) is 8.15. The molecule has 0 aromatic carbocycles. The predicted octanol–water partition coefficient (Wildman–Crippen LogP) is 1.56. The zero-order valence-corrected chi connectivity index (χ0v) is 13.8. The lowest BCUT2D eigenvalue weighted by atomic mass is 9.96. The average Bonchev–Trinajstić information content (AvgIpc) is 2.55. The maximum Gasteiger partial charge on any atom is 0.266 e. The van der Waals surface area contributed by atoms with E-state index < -0.39 is 0 Å². The highest BCUT2D eigenvalue weighted by molar-refractivity contribution is 5.08. The second-order valence-corrected chi connectivity index (χ2v) is 6.30. The van der Waals surface area contributed by atoms with Crippen LogP contribution < -0.4 is 5.56 Å². The van der Waals surface area contributed by atoms with Crippen LogP contribution in [-0.4, -0.2) is 37.7 Å². The van der Waals surface area contributed by atoms with Gasteiger partial charge in [-0.1, -0.05) is 0 Å². The van der Waals surface area contributed by atoms with Gasteiger partial charge in [0.15, 0.2) is 0 Å². The molecule has 0 unspecified atom stereocenters. The van der Waals surface area contributed by atoms with Crippen molar-refractivity contribution < 1.29 is 0 Å². The van der Waals surface area contributed by atoms with Crippen molar-refractivity contribution in [3.05, 3.63) is 52.0 Å². The number of hydrogen-bond donors (Lipinski definition) is 0. The summed E-state index contributed by atoms with van der Waals surface area (Å²) >= 11 is 0. The summed E-state index contributed by atoms with van der Waals surface area (Å²) < 4.78 is 1.61. The van der Waals surface area contributed by atoms with Crippen molar-refractivity contribution >= 4 is 0 Å². The van der Waals surface area contributed by atoms with E-state index in [1.165, 1.54) is 0 Å². The standard InChI is InChI=1S/C17H23N5O/c1-13-3-4-17(23)22(20-13)11-15-5-9-21(10-6-15)12-16-14(2)18-7-8-19-16/h3-4,7-8,15H,5-6,9-12H2,1-2H3. The fourth-order valence-corrected chi connectivity index (χ4v) is 3.06. The number of aryl methyl sites for hydroxylation is 2. The van der Waals surface area contributed by atoms with Gasteiger partial charge in [-0.15, -0.1) is 0 Å². The molecule has 0 spiro atoms. The van der Waals surface area contributed by atoms with Gasteiger partial charge in [-0.25, -0.2) is 4.68 Å². The van der Waals surface area contributed by atoms with Gasteiger partial charge in [0.25, 0.3) is 5.56 Å². The molecule has 0 saturated carbocycles. The number of piperidine rings is 1. The first kappa shape index (κ1) is 15.8. The summed E-state index contributed by atoms with van der Waals surface area (Å²) in [6, 6.07) is 3.37. The molecular formula is C17H23N5O. The molecule has 0 bridgehead atoms. The molecule has 0 atom stereocenters. The van der Waals surface area contributed by atoms with Gasteiger partial charge < -0.3 is 0 Å². The van der Waals surface area contributed by atoms with Crippen molar-refractivity contribution in [2.45, 2.75) is 39.8 Å². The van der Waals surface area contributed by atoms with Crippen LogP contribution in [0.2, 0.25) is 0 Å². The van der Waals surface area contributed by atoms with E-state index >= 15 is 0 Å². The summed E-state index contributed by atoms with van der Waals surface area (Å²) in [5.74, 6) is 0.515. The number of nitrogens with zero attached hydrogens (tertiary/aromatic N) is 5. The molecule has 2 aromatic heterocycles. The van der Waals surface area contributed by atoms with E-state index in [0.29, 0.717) is 5.92 Å². The van der Waals surface area contributed by atoms with Gasteiger partial charge in [0, 0.05) is 31.5 Å². The normalized spacial score (nSPS) is 16.6. The second kappa shape index (κ2) is 7.00. The van der Waals surface area contributed by atoms with Crippen LogP contribution in [0, 0.1) is 19.8 Å². The van der Waals surface area contributed by atoms with Crippen molar-refractivity contribution in [1.29, 1.82) is 0 Å². The summed E-state index contributed by atoms with van der Waals surface area (Å²) in [6.45, 7) is 7.56. The highest BCUT2D eigenvalue weighted by atomic mass is 16.1. The largest absolute Gasteiger partial charge is 0.297 e. The van der Waals surface area contributed by atoms with Crippen molar-refractivity contribution in [3.63, 3.8) is 0 Å². The fraction of sp³-hybridized carbons (Fsp3) is 0.529. The van der Waals surface area contributed by atoms with Gasteiger partial charge in [0.2, 0.25) is 0 Å². The van der Waals surface area contributed by atoms with E-state index in [1.54, 1.807) is 29.2 Å². The van der Waals surface area contributed by atoms with Gasteiger partial charge in [0.1, 0.15) is 0 Å². The summed E-state index contributed by atoms with van der Waals surface area (Å²) in [5, 5.41) is 4.34. The predicted molar refractivity (Wildman–Crippen MR) is 88.0 cm³/mol. The first-order valence-corrected chi connectivity index (χ1v) is 8.15. The minimum atomic E-state index is -0.00628. The second-order valence-electron chi connectivity index (χ2n) is 6.30. The zero-order valence-electron chi connectivity index (χ0n) is 13.8. The van der Waals surface area contributed by atoms with Gasteiger partial charge in [-0.3, -0.25) is 19.7 Å². The molecule has 1 fully saturated rings. The Kier molecular flexibility index (Phi) is 4.81. The van der Waals surface area contributed by atoms with Gasteiger partial charge in [-0.05, 0) is 51.8 Å². The molecular weight excluding hydrogens is 290 g/mol. The third kappa shape index (κ3) is 4.01. The number of aromatic nitrogens is 4. The lowest BCUT2D eigenvalue weighted by Crippen LogP contribution is -2.36. The van der Waals surface area contributed by atoms with Crippen molar-refractivity contribution in [3.8, 4) is 0 Å². The van der Waals surface area contributed by atoms with Crippen molar-refractivity contribution in [1.82, 2.24) is 24.6 Å². The molecule has 1 aliphatic rings. The van der Waals surface area contributed by atoms with Crippen LogP contribution in [0.4, 0.5) is 0 Å². The van der Waals surface area contributed by atoms with Crippen LogP contribution in [0.3, 0.4) is 0 Å². The minimum absolute atomic E-state index is 0.00628. The van der Waals surface area contributed by atoms with Crippen LogP contribution >= 0.6 is 0 Å². The van der Waals surface area contributed by atoms with Gasteiger partial charge >= 0.3 is 0 Å². The summed E-state index contributed by atoms with van der Waals surface area (Å²) in [4.78, 5) is 23.0. The van der Waals surface area contributed by atoms with Crippen LogP contribution in [0.5, 0.6) is 0 Å². The first-order chi connectivity index (χ1) is 11.1. The molecule has 23 heavy (non-hydrogen) atoms. The van der Waals surface area contributed by atoms with E-state index in [4.69, 9.17) is 0 Å². The molecule has 1 saturated heterocycles. The molecule has 6 nitrogen and oxygen atoms in total. The number of rotatable bonds is 4. The van der Waals surface area contributed by atoms with Crippen LogP contribution in [-0.2, 0) is 13.1 Å². The Morgan fingerprint density at radius 3 is 2.61 bits per heavy atom. The lowest BCUT2D eigenvalue weighted by molar-refractivity contribution is 0.161. The summed E-state index contributed by atoms with van der Waals surface area (Å²) in [5.41, 5.74) is 2.95. The molecule has 1 aliphatic heterocycles. The monoisotopic (exact) mass is 313 g/mol. The van der Waals surface area contributed by atoms with E-state index in [9.17, 15) is 4.79 Å². The molecule has 0 amide bonds. The van der Waals surface area contributed by atoms with Crippen LogP contribution in [0.1, 0.15) is 29.9 Å². The number of hydrogen-bond acceptors (Lipinski definition) is 5. The Morgan fingerprint density at radius 2 is 1.87 bits per heavy atom. The zero-order chi connectivity index (χ0) is 16.2. The van der Waals surface area contributed by atoms with E-state index in [1.807, 2.05) is 13.8 Å². The van der Waals surface area contributed by atoms with Crippen molar-refractivity contribution in [2.24, 2.45) is 5.92 Å². The third-order valence-electron chi connectivity index (χ3n) is 4.49. The Morgan fingerprint density at radius 1 is 1.13 bits per heavy atom. The summed E-state index contributed by atoms with van der Waals surface area (Å²) in [6.07, 6.45) is 5.66. The Balaban J connectivity index is 1.55. The topological polar surface area (TPSA) is 63.9 Å². The molecule has 0 radical (unpaired) electrons. The Labute approximate surface area is 136 Å². The highest BCUT2D eigenvalue weighted by Gasteiger charge is 2.21. The van der Waals surface area contributed by atoms with E-state index in [-0.39, 0.29) is 5.56 Å². The maximum atomic E-state index is 11.9. The van der Waals surface area contributed by atoms with Crippen molar-refractivity contribution in [2.75, 3.05) is 13.1 Å². The smallest absolute Gasteiger partial charge is 0.266 e. The highest BCUT2D eigenvalue weighted by Crippen LogP contribution is 2.20. The SMILES string of the molecule is Cc1ccc(=O)n(CC2CCN(Cc3nccnc3C)CC2)n1. The molecule has 3 rings (SSSR count). The molecule has 2 aromatic rings. The quantitative estimate of drug-likeness (QED) is 0.857. The third-order valence-corrected chi connectivity index (χ3v) is 4.49. The molecule has 0 aliphatic carbocycles. The maximum absolute atomic E-state index is 11.9. The molecule has 122 valence electrons. The van der Waals surface area contributed by atoms with Crippen LogP contribution in [0.25, 0.3) is 0 Å². The van der Waals surface area contributed by atoms with E-state index in [2.05, 4.69) is 20.0 Å². The Hall–Kier alpha value is -2.08.